The van der Waals surface area contributed by atoms with E-state index in [1.54, 1.807) is 30.5 Å². The number of fused-ring (bicyclic) bond motifs is 1. The minimum Gasteiger partial charge on any atom is -0.487 e. The van der Waals surface area contributed by atoms with Gasteiger partial charge in [-0.05, 0) is 55.8 Å². The van der Waals surface area contributed by atoms with Crippen molar-refractivity contribution in [3.63, 3.8) is 0 Å². The number of hydrogen-bond acceptors (Lipinski definition) is 5. The lowest BCUT2D eigenvalue weighted by Gasteiger charge is -2.10. The standard InChI is InChI=1S/C24H24N4O3/c1-3-30-24-19(7-4-12-25-24)14-26-23(29)18-8-10-21(11-9-18)31-16-20-15-28-13-5-6-17(2)22(28)27-20/h4-13,15H,3,14,16H2,1-2H3,(H,26,29). The number of carbonyl (C=O) groups excluding carboxylic acids is 1. The van der Waals surface area contributed by atoms with E-state index in [1.807, 2.05) is 54.9 Å². The Kier molecular flexibility index (Phi) is 6.12. The van der Waals surface area contributed by atoms with Crippen LogP contribution in [-0.2, 0) is 13.2 Å². The third-order valence-corrected chi connectivity index (χ3v) is 4.80. The number of rotatable bonds is 8. The second-order valence-corrected chi connectivity index (χ2v) is 7.05. The lowest BCUT2D eigenvalue weighted by atomic mass is 10.2. The van der Waals surface area contributed by atoms with Crippen LogP contribution in [0.5, 0.6) is 11.6 Å². The number of aryl methyl sites for hydroxylation is 1. The van der Waals surface area contributed by atoms with Crippen molar-refractivity contribution < 1.29 is 14.3 Å². The van der Waals surface area contributed by atoms with Crippen molar-refractivity contribution in [2.75, 3.05) is 6.61 Å². The molecule has 3 heterocycles. The molecule has 0 bridgehead atoms. The van der Waals surface area contributed by atoms with Crippen molar-refractivity contribution in [1.29, 1.82) is 0 Å². The smallest absolute Gasteiger partial charge is 0.251 e. The van der Waals surface area contributed by atoms with Gasteiger partial charge in [-0.1, -0.05) is 12.1 Å². The van der Waals surface area contributed by atoms with Crippen LogP contribution in [0.3, 0.4) is 0 Å². The molecule has 4 rings (SSSR count). The van der Waals surface area contributed by atoms with E-state index in [2.05, 4.69) is 15.3 Å². The summed E-state index contributed by atoms with van der Waals surface area (Å²) in [4.78, 5) is 21.3. The Bertz CT molecular complexity index is 1190. The normalized spacial score (nSPS) is 10.8. The van der Waals surface area contributed by atoms with Gasteiger partial charge in [0.05, 0.1) is 12.3 Å². The van der Waals surface area contributed by atoms with Crippen molar-refractivity contribution in [3.8, 4) is 11.6 Å². The third kappa shape index (κ3) is 4.83. The summed E-state index contributed by atoms with van der Waals surface area (Å²) in [7, 11) is 0. The van der Waals surface area contributed by atoms with E-state index in [0.717, 1.165) is 22.5 Å². The first-order chi connectivity index (χ1) is 15.1. The summed E-state index contributed by atoms with van der Waals surface area (Å²) in [6.45, 7) is 5.15. The lowest BCUT2D eigenvalue weighted by Crippen LogP contribution is -2.23. The fourth-order valence-corrected chi connectivity index (χ4v) is 3.24. The van der Waals surface area contributed by atoms with Gasteiger partial charge in [-0.25, -0.2) is 9.97 Å². The van der Waals surface area contributed by atoms with Crippen molar-refractivity contribution >= 4 is 11.6 Å². The molecule has 3 aromatic heterocycles. The molecule has 0 aliphatic heterocycles. The van der Waals surface area contributed by atoms with Crippen LogP contribution in [0.1, 0.15) is 34.1 Å². The topological polar surface area (TPSA) is 77.8 Å². The average Bonchev–Trinajstić information content (AvgIpc) is 3.22. The number of ether oxygens (including phenoxy) is 2. The zero-order valence-corrected chi connectivity index (χ0v) is 17.5. The Labute approximate surface area is 180 Å². The Hall–Kier alpha value is -3.87. The highest BCUT2D eigenvalue weighted by molar-refractivity contribution is 5.94. The van der Waals surface area contributed by atoms with Gasteiger partial charge < -0.3 is 19.2 Å². The monoisotopic (exact) mass is 416 g/mol. The highest BCUT2D eigenvalue weighted by atomic mass is 16.5. The van der Waals surface area contributed by atoms with Crippen molar-refractivity contribution in [2.45, 2.75) is 27.0 Å². The SMILES string of the molecule is CCOc1ncccc1CNC(=O)c1ccc(OCc2cn3cccc(C)c3n2)cc1. The number of carbonyl (C=O) groups is 1. The summed E-state index contributed by atoms with van der Waals surface area (Å²) >= 11 is 0. The molecule has 31 heavy (non-hydrogen) atoms. The van der Waals surface area contributed by atoms with Gasteiger partial charge in [0.2, 0.25) is 5.88 Å². The predicted molar refractivity (Wildman–Crippen MR) is 117 cm³/mol. The fraction of sp³-hybridized carbons (Fsp3) is 0.208. The van der Waals surface area contributed by atoms with Crippen LogP contribution in [0, 0.1) is 6.92 Å². The van der Waals surface area contributed by atoms with Crippen LogP contribution in [0.4, 0.5) is 0 Å². The number of pyridine rings is 2. The number of amides is 1. The first-order valence-corrected chi connectivity index (χ1v) is 10.1. The van der Waals surface area contributed by atoms with Crippen molar-refractivity contribution in [1.82, 2.24) is 19.7 Å². The van der Waals surface area contributed by atoms with E-state index in [-0.39, 0.29) is 5.91 Å². The summed E-state index contributed by atoms with van der Waals surface area (Å²) in [5, 5.41) is 2.90. The zero-order chi connectivity index (χ0) is 21.6. The second-order valence-electron chi connectivity index (χ2n) is 7.05. The Balaban J connectivity index is 1.34. The molecular weight excluding hydrogens is 392 g/mol. The third-order valence-electron chi connectivity index (χ3n) is 4.80. The van der Waals surface area contributed by atoms with E-state index in [4.69, 9.17) is 9.47 Å². The second kappa shape index (κ2) is 9.30. The molecule has 1 N–H and O–H groups in total. The lowest BCUT2D eigenvalue weighted by molar-refractivity contribution is 0.0950. The molecule has 0 unspecified atom stereocenters. The molecule has 0 aliphatic carbocycles. The summed E-state index contributed by atoms with van der Waals surface area (Å²) in [6, 6.07) is 14.8. The number of benzene rings is 1. The molecule has 7 nitrogen and oxygen atoms in total. The largest absolute Gasteiger partial charge is 0.487 e. The van der Waals surface area contributed by atoms with Crippen molar-refractivity contribution in [2.24, 2.45) is 0 Å². The highest BCUT2D eigenvalue weighted by Crippen LogP contribution is 2.17. The van der Waals surface area contributed by atoms with Gasteiger partial charge in [0.15, 0.2) is 0 Å². The quantitative estimate of drug-likeness (QED) is 0.471. The number of imidazole rings is 1. The van der Waals surface area contributed by atoms with E-state index in [1.165, 1.54) is 0 Å². The van der Waals surface area contributed by atoms with Crippen LogP contribution < -0.4 is 14.8 Å². The van der Waals surface area contributed by atoms with Gasteiger partial charge in [-0.3, -0.25) is 4.79 Å². The van der Waals surface area contributed by atoms with Gasteiger partial charge in [0, 0.05) is 36.3 Å². The first-order valence-electron chi connectivity index (χ1n) is 10.1. The summed E-state index contributed by atoms with van der Waals surface area (Å²) in [5.74, 6) is 1.04. The van der Waals surface area contributed by atoms with Gasteiger partial charge in [0.1, 0.15) is 18.0 Å². The van der Waals surface area contributed by atoms with Crippen LogP contribution >= 0.6 is 0 Å². The molecule has 1 amide bonds. The van der Waals surface area contributed by atoms with Gasteiger partial charge >= 0.3 is 0 Å². The summed E-state index contributed by atoms with van der Waals surface area (Å²) < 4.78 is 13.3. The maximum atomic E-state index is 12.5. The fourth-order valence-electron chi connectivity index (χ4n) is 3.24. The van der Waals surface area contributed by atoms with Crippen LogP contribution in [0.25, 0.3) is 5.65 Å². The Morgan fingerprint density at radius 2 is 1.94 bits per heavy atom. The Morgan fingerprint density at radius 1 is 1.10 bits per heavy atom. The molecular formula is C24H24N4O3. The van der Waals surface area contributed by atoms with Gasteiger partial charge in [-0.15, -0.1) is 0 Å². The van der Waals surface area contributed by atoms with Gasteiger partial charge in [-0.2, -0.15) is 0 Å². The molecule has 0 saturated carbocycles. The first kappa shape index (κ1) is 20.4. The minimum atomic E-state index is -0.173. The average molecular weight is 416 g/mol. The molecule has 0 fully saturated rings. The molecule has 7 heteroatoms. The maximum absolute atomic E-state index is 12.5. The van der Waals surface area contributed by atoms with Crippen molar-refractivity contribution in [3.05, 3.63) is 89.5 Å². The molecule has 0 saturated heterocycles. The van der Waals surface area contributed by atoms with Crippen LogP contribution in [-0.4, -0.2) is 26.9 Å². The van der Waals surface area contributed by atoms with E-state index < -0.39 is 0 Å². The molecule has 158 valence electrons. The van der Waals surface area contributed by atoms with E-state index in [0.29, 0.717) is 37.0 Å². The molecule has 4 aromatic rings. The maximum Gasteiger partial charge on any atom is 0.251 e. The zero-order valence-electron chi connectivity index (χ0n) is 17.5. The van der Waals surface area contributed by atoms with Crippen LogP contribution in [0.2, 0.25) is 0 Å². The predicted octanol–water partition coefficient (Wildman–Crippen LogP) is 3.95. The molecule has 0 aliphatic rings. The number of aromatic nitrogens is 3. The molecule has 1 aromatic carbocycles. The molecule has 0 atom stereocenters. The number of nitrogens with zero attached hydrogens (tertiary/aromatic N) is 3. The highest BCUT2D eigenvalue weighted by Gasteiger charge is 2.10. The number of nitrogens with one attached hydrogen (secondary N) is 1. The Morgan fingerprint density at radius 3 is 2.71 bits per heavy atom. The summed E-state index contributed by atoms with van der Waals surface area (Å²) in [5.41, 5.74) is 4.27. The van der Waals surface area contributed by atoms with E-state index >= 15 is 0 Å². The van der Waals surface area contributed by atoms with E-state index in [9.17, 15) is 4.79 Å². The minimum absolute atomic E-state index is 0.173. The molecule has 0 spiro atoms. The number of hydrogen-bond donors (Lipinski definition) is 1. The van der Waals surface area contributed by atoms with Gasteiger partial charge in [0.25, 0.3) is 5.91 Å². The summed E-state index contributed by atoms with van der Waals surface area (Å²) in [6.07, 6.45) is 5.59. The molecule has 0 radical (unpaired) electrons. The van der Waals surface area contributed by atoms with Crippen LogP contribution in [0.15, 0.2) is 67.1 Å².